The van der Waals surface area contributed by atoms with E-state index in [4.69, 9.17) is 0 Å². The third-order valence-electron chi connectivity index (χ3n) is 2.61. The molecule has 0 aliphatic carbocycles. The van der Waals surface area contributed by atoms with Crippen molar-refractivity contribution in [2.24, 2.45) is 5.41 Å². The minimum Gasteiger partial charge on any atom is -0.298 e. The minimum absolute atomic E-state index is 0.285. The molecule has 0 aliphatic rings. The summed E-state index contributed by atoms with van der Waals surface area (Å²) in [6.45, 7) is 13.8. The van der Waals surface area contributed by atoms with Crippen LogP contribution in [0.5, 0.6) is 0 Å². The topological polar surface area (TPSA) is 24.1 Å². The lowest BCUT2D eigenvalue weighted by atomic mass is 9.86. The molecule has 0 heterocycles. The van der Waals surface area contributed by atoms with E-state index in [1.165, 1.54) is 22.7 Å². The minimum atomic E-state index is 0.285. The molecule has 0 unspecified atom stereocenters. The lowest BCUT2D eigenvalue weighted by molar-refractivity contribution is 0.205. The summed E-state index contributed by atoms with van der Waals surface area (Å²) in [6, 6.07) is 1.34. The Hall–Kier alpha value is -0.383. The number of nitrogens with one attached hydrogen (secondary N) is 2. The molecule has 0 aliphatic heterocycles. The summed E-state index contributed by atoms with van der Waals surface area (Å²) in [5, 5.41) is 6.94. The molecule has 3 heteroatoms. The van der Waals surface area contributed by atoms with Crippen LogP contribution in [-0.4, -0.2) is 29.5 Å². The van der Waals surface area contributed by atoms with Crippen LogP contribution in [0.25, 0.3) is 0 Å². The predicted octanol–water partition coefficient (Wildman–Crippen LogP) is 1.06. The van der Waals surface area contributed by atoms with Gasteiger partial charge in [0, 0.05) is 23.3 Å². The van der Waals surface area contributed by atoms with E-state index in [1.807, 2.05) is 12.2 Å². The van der Waals surface area contributed by atoms with E-state index in [-0.39, 0.29) is 5.41 Å². The van der Waals surface area contributed by atoms with Crippen molar-refractivity contribution in [1.29, 1.82) is 0 Å². The maximum atomic E-state index is 3.74. The molecule has 0 bridgehead atoms. The second-order valence-electron chi connectivity index (χ2n) is 4.57. The largest absolute Gasteiger partial charge is 0.298 e. The van der Waals surface area contributed by atoms with E-state index in [2.05, 4.69) is 37.6 Å². The highest BCUT2D eigenvalue weighted by Crippen LogP contribution is 2.25. The van der Waals surface area contributed by atoms with E-state index < -0.39 is 0 Å². The predicted molar refractivity (Wildman–Crippen MR) is 73.3 cm³/mol. The Morgan fingerprint density at radius 2 is 1.67 bits per heavy atom. The van der Waals surface area contributed by atoms with Gasteiger partial charge in [0.2, 0.25) is 0 Å². The van der Waals surface area contributed by atoms with Crippen LogP contribution < -0.4 is 10.6 Å². The molecular weight excluding hydrogens is 200 g/mol. The van der Waals surface area contributed by atoms with E-state index in [9.17, 15) is 0 Å². The Labute approximate surface area is 97.6 Å². The quantitative estimate of drug-likeness (QED) is 0.349. The fourth-order valence-electron chi connectivity index (χ4n) is 1.82. The van der Waals surface area contributed by atoms with Gasteiger partial charge in [-0.25, -0.2) is 0 Å². The van der Waals surface area contributed by atoms with Gasteiger partial charge < -0.3 is 0 Å². The Bertz CT molecular complexity index is 178. The van der Waals surface area contributed by atoms with Gasteiger partial charge in [0.05, 0.1) is 6.17 Å². The monoisotopic (exact) mass is 226 g/mol. The number of hydrogen-bond donors (Lipinski definition) is 2. The van der Waals surface area contributed by atoms with Crippen molar-refractivity contribution in [3.05, 3.63) is 25.3 Å². The highest BCUT2D eigenvalue weighted by Gasteiger charge is 2.26. The van der Waals surface area contributed by atoms with E-state index >= 15 is 0 Å². The first-order valence-electron chi connectivity index (χ1n) is 5.77. The molecule has 0 amide bonds. The van der Waals surface area contributed by atoms with Gasteiger partial charge in [0.1, 0.15) is 0 Å². The van der Waals surface area contributed by atoms with E-state index in [0.29, 0.717) is 6.17 Å². The van der Waals surface area contributed by atoms with Crippen LogP contribution in [0.4, 0.5) is 0 Å². The summed E-state index contributed by atoms with van der Waals surface area (Å²) in [4.78, 5) is 0. The van der Waals surface area contributed by atoms with Crippen LogP contribution in [0.1, 0.15) is 20.3 Å². The first kappa shape index (κ1) is 14.6. The van der Waals surface area contributed by atoms with E-state index in [0.717, 1.165) is 13.1 Å². The third-order valence-corrected chi connectivity index (χ3v) is 3.11. The fourth-order valence-corrected chi connectivity index (χ4v) is 3.10. The Balaban J connectivity index is 4.29. The first-order valence-corrected chi connectivity index (χ1v) is 7.18. The zero-order valence-electron chi connectivity index (χ0n) is 10.5. The molecular formula is C12H26N2Si. The number of hydrogen-bond acceptors (Lipinski definition) is 2. The molecule has 0 aromatic rings. The average molecular weight is 226 g/mol. The van der Waals surface area contributed by atoms with Gasteiger partial charge in [-0.05, 0) is 11.8 Å². The summed E-state index contributed by atoms with van der Waals surface area (Å²) >= 11 is 0. The maximum Gasteiger partial charge on any atom is 0.0629 e. The third kappa shape index (κ3) is 5.92. The summed E-state index contributed by atoms with van der Waals surface area (Å²) in [6.07, 6.45) is 5.40. The summed E-state index contributed by atoms with van der Waals surface area (Å²) < 4.78 is 0. The van der Waals surface area contributed by atoms with Crippen molar-refractivity contribution in [2.45, 2.75) is 32.5 Å². The molecule has 0 rings (SSSR count). The molecule has 0 atom stereocenters. The molecule has 2 nitrogen and oxygen atoms in total. The second kappa shape index (κ2) is 7.85. The smallest absolute Gasteiger partial charge is 0.0629 e. The van der Waals surface area contributed by atoms with Crippen LogP contribution in [-0.2, 0) is 0 Å². The highest BCUT2D eigenvalue weighted by molar-refractivity contribution is 6.08. The second-order valence-corrected chi connectivity index (χ2v) is 5.57. The molecule has 88 valence electrons. The average Bonchev–Trinajstić information content (AvgIpc) is 2.17. The first-order chi connectivity index (χ1) is 7.08. The van der Waals surface area contributed by atoms with E-state index in [1.54, 1.807) is 0 Å². The molecule has 0 spiro atoms. The molecule has 15 heavy (non-hydrogen) atoms. The van der Waals surface area contributed by atoms with Gasteiger partial charge in [-0.15, -0.1) is 13.2 Å². The zero-order chi connectivity index (χ0) is 11.7. The van der Waals surface area contributed by atoms with Crippen LogP contribution in [0.2, 0.25) is 6.04 Å². The van der Waals surface area contributed by atoms with Gasteiger partial charge in [-0.2, -0.15) is 0 Å². The maximum absolute atomic E-state index is 3.74. The van der Waals surface area contributed by atoms with Crippen LogP contribution in [0.3, 0.4) is 0 Å². The SMILES string of the molecule is C=CCNC(NCC=C)C(C)(C)CC[SiH3]. The molecule has 2 N–H and O–H groups in total. The Morgan fingerprint density at radius 1 is 1.20 bits per heavy atom. The van der Waals surface area contributed by atoms with Crippen molar-refractivity contribution in [3.63, 3.8) is 0 Å². The van der Waals surface area contributed by atoms with Crippen molar-refractivity contribution < 1.29 is 0 Å². The molecule has 0 radical (unpaired) electrons. The number of rotatable bonds is 9. The van der Waals surface area contributed by atoms with Crippen molar-refractivity contribution >= 4 is 10.2 Å². The Kier molecular flexibility index (Phi) is 7.65. The van der Waals surface area contributed by atoms with Crippen molar-refractivity contribution in [2.75, 3.05) is 13.1 Å². The highest BCUT2D eigenvalue weighted by atomic mass is 28.1. The van der Waals surface area contributed by atoms with Crippen molar-refractivity contribution in [1.82, 2.24) is 10.6 Å². The van der Waals surface area contributed by atoms with Gasteiger partial charge >= 0.3 is 0 Å². The van der Waals surface area contributed by atoms with Gasteiger partial charge in [0.15, 0.2) is 0 Å². The zero-order valence-corrected chi connectivity index (χ0v) is 12.5. The fraction of sp³-hybridized carbons (Fsp3) is 0.667. The Morgan fingerprint density at radius 3 is 2.00 bits per heavy atom. The summed E-state index contributed by atoms with van der Waals surface area (Å²) in [7, 11) is 1.28. The summed E-state index contributed by atoms with van der Waals surface area (Å²) in [5.74, 6) is 0. The molecule has 0 aromatic carbocycles. The standard InChI is InChI=1S/C12H26N2Si/c1-5-8-13-11(14-9-6-2)12(3,4)7-10-15/h5-6,11,13-14H,1-2,7-10H2,3-4,15H3. The molecule has 0 saturated carbocycles. The van der Waals surface area contributed by atoms with Crippen LogP contribution in [0, 0.1) is 5.41 Å². The lowest BCUT2D eigenvalue weighted by Gasteiger charge is -2.35. The normalized spacial score (nSPS) is 11.9. The lowest BCUT2D eigenvalue weighted by Crippen LogP contribution is -2.52. The van der Waals surface area contributed by atoms with Gasteiger partial charge in [-0.1, -0.05) is 32.0 Å². The molecule has 0 fully saturated rings. The van der Waals surface area contributed by atoms with Crippen LogP contribution >= 0.6 is 0 Å². The summed E-state index contributed by atoms with van der Waals surface area (Å²) in [5.41, 5.74) is 0.285. The molecule has 0 aromatic heterocycles. The van der Waals surface area contributed by atoms with Crippen molar-refractivity contribution in [3.8, 4) is 0 Å². The molecule has 0 saturated heterocycles. The van der Waals surface area contributed by atoms with Gasteiger partial charge in [0.25, 0.3) is 0 Å². The van der Waals surface area contributed by atoms with Gasteiger partial charge in [-0.3, -0.25) is 10.6 Å². The van der Waals surface area contributed by atoms with Crippen LogP contribution in [0.15, 0.2) is 25.3 Å².